The first-order valence-corrected chi connectivity index (χ1v) is 42.7. The number of aliphatic hydroxyl groups excluding tert-OH is 5. The molecule has 0 amide bonds. The summed E-state index contributed by atoms with van der Waals surface area (Å²) in [5, 5.41) is 49.3. The van der Waals surface area contributed by atoms with Crippen LogP contribution in [-0.4, -0.2) is 61.3 Å². The van der Waals surface area contributed by atoms with Crippen molar-refractivity contribution in [1.29, 1.82) is 0 Å². The van der Waals surface area contributed by atoms with Crippen LogP contribution in [0.3, 0.4) is 0 Å². The zero-order chi connectivity index (χ0) is 70.7. The van der Waals surface area contributed by atoms with E-state index >= 15 is 0 Å². The normalized spacial score (nSPS) is 13.5. The van der Waals surface area contributed by atoms with Gasteiger partial charge in [0.15, 0.2) is 0 Å². The van der Waals surface area contributed by atoms with Gasteiger partial charge in [-0.05, 0) is 73.9 Å². The van der Waals surface area contributed by atoms with E-state index in [9.17, 15) is 26.0 Å². The van der Waals surface area contributed by atoms with E-state index in [1.54, 1.807) is 0 Å². The Kier molecular flexibility index (Phi) is 70.2. The molecule has 4 atom stereocenters. The van der Waals surface area contributed by atoms with E-state index in [4.69, 9.17) is 5.11 Å². The number of rotatable bonds is 67. The van der Waals surface area contributed by atoms with Crippen LogP contribution in [0.15, 0.2) is 59.7 Å². The summed E-state index contributed by atoms with van der Waals surface area (Å²) in [6.07, 6.45) is 78.2. The first-order valence-electron chi connectivity index (χ1n) is 42.7. The third-order valence-corrected chi connectivity index (χ3v) is 20.6. The zero-order valence-electron chi connectivity index (χ0n) is 65.3. The molecule has 572 valence electrons. The van der Waals surface area contributed by atoms with Crippen LogP contribution in [0.4, 0.5) is 0 Å². The average Bonchev–Trinajstić information content (AvgIpc) is 1.61. The van der Waals surface area contributed by atoms with E-state index in [0.717, 1.165) is 92.3 Å². The third-order valence-electron chi connectivity index (χ3n) is 20.6. The zero-order valence-corrected chi connectivity index (χ0v) is 66.3. The Bertz CT molecular complexity index is 1990. The van der Waals surface area contributed by atoms with Gasteiger partial charge in [-0.3, -0.25) is 0 Å². The van der Waals surface area contributed by atoms with E-state index in [2.05, 4.69) is 72.7 Å². The Hall–Kier alpha value is -2.19. The van der Waals surface area contributed by atoms with Gasteiger partial charge < -0.3 is 44.9 Å². The predicted octanol–water partition coefficient (Wildman–Crippen LogP) is 27.5. The van der Waals surface area contributed by atoms with Gasteiger partial charge in [0.05, 0.1) is 12.7 Å². The molecule has 1 heterocycles. The summed E-state index contributed by atoms with van der Waals surface area (Å²) in [4.78, 5) is 0. The van der Waals surface area contributed by atoms with Crippen molar-refractivity contribution in [3.05, 3.63) is 101 Å². The van der Waals surface area contributed by atoms with Crippen LogP contribution >= 0.6 is 0 Å². The van der Waals surface area contributed by atoms with Crippen LogP contribution < -0.4 is 0 Å². The summed E-state index contributed by atoms with van der Waals surface area (Å²) in [6, 6.07) is 16.1. The molecule has 2 aromatic carbocycles. The number of aryl methyl sites for hydroxylation is 1. The van der Waals surface area contributed by atoms with E-state index in [0.29, 0.717) is 0 Å². The largest absolute Gasteiger partial charge is 2.00 e. The number of unbranched alkanes of at least 4 members (excludes halogenated alkanes) is 53. The summed E-state index contributed by atoms with van der Waals surface area (Å²) in [6.45, 7) is 18.3. The maximum Gasteiger partial charge on any atom is 2.00 e. The molecule has 0 fully saturated rings. The first kappa shape index (κ1) is 95.8. The third kappa shape index (κ3) is 51.1. The van der Waals surface area contributed by atoms with Crippen molar-refractivity contribution in [3.8, 4) is 0 Å². The molecular formula is C90H162N2NiO5. The molecule has 4 unspecified atom stereocenters. The molecule has 8 heteroatoms. The summed E-state index contributed by atoms with van der Waals surface area (Å²) in [7, 11) is 0. The average molecular weight is 1410 g/mol. The molecule has 0 bridgehead atoms. The second-order valence-electron chi connectivity index (χ2n) is 29.9. The Morgan fingerprint density at radius 3 is 0.888 bits per heavy atom. The van der Waals surface area contributed by atoms with E-state index in [1.165, 1.54) is 349 Å². The smallest absolute Gasteiger partial charge is 0.493 e. The van der Waals surface area contributed by atoms with Crippen LogP contribution in [0.1, 0.15) is 442 Å². The minimum atomic E-state index is -1.66. The van der Waals surface area contributed by atoms with Crippen molar-refractivity contribution < 1.29 is 46.7 Å². The molecule has 1 aliphatic rings. The molecule has 5 N–H and O–H groups in total. The Balaban J connectivity index is 0.00000150. The van der Waals surface area contributed by atoms with Gasteiger partial charge >= 0.3 is 16.5 Å². The Morgan fingerprint density at radius 2 is 0.592 bits per heavy atom. The van der Waals surface area contributed by atoms with Crippen LogP contribution in [0.5, 0.6) is 0 Å². The maximum atomic E-state index is 11.8. The minimum absolute atomic E-state index is 0. The molecule has 0 spiro atoms. The van der Waals surface area contributed by atoms with Gasteiger partial charge in [0, 0.05) is 28.7 Å². The van der Waals surface area contributed by atoms with E-state index in [-0.39, 0.29) is 22.9 Å². The predicted molar refractivity (Wildman–Crippen MR) is 425 cm³/mol. The van der Waals surface area contributed by atoms with E-state index < -0.39 is 31.0 Å². The molecule has 3 rings (SSSR count). The maximum absolute atomic E-state index is 11.8. The summed E-state index contributed by atoms with van der Waals surface area (Å²) < 4.78 is 1.38. The molecule has 1 aliphatic heterocycles. The number of hydrogen-bond acceptors (Lipinski definition) is 5. The Labute approximate surface area is 619 Å². The molecule has 0 saturated heterocycles. The minimum Gasteiger partial charge on any atom is -0.493 e. The van der Waals surface area contributed by atoms with Gasteiger partial charge in [-0.1, -0.05) is 399 Å². The van der Waals surface area contributed by atoms with Crippen molar-refractivity contribution in [1.82, 2.24) is 0 Å². The molecule has 98 heavy (non-hydrogen) atoms. The Morgan fingerprint density at radius 1 is 0.316 bits per heavy atom. The number of allylic oxidation sites excluding steroid dienone is 2. The van der Waals surface area contributed by atoms with Gasteiger partial charge in [-0.25, -0.2) is 4.70 Å². The molecule has 7 nitrogen and oxygen atoms in total. The number of aliphatic hydroxyl groups is 5. The van der Waals surface area contributed by atoms with E-state index in [1.807, 2.05) is 24.3 Å². The van der Waals surface area contributed by atoms with Crippen LogP contribution in [0, 0.1) is 13.8 Å². The summed E-state index contributed by atoms with van der Waals surface area (Å²) in [5.74, 6) is 0. The van der Waals surface area contributed by atoms with Crippen molar-refractivity contribution in [2.45, 2.75) is 457 Å². The van der Waals surface area contributed by atoms with Crippen LogP contribution in [-0.2, 0) is 29.3 Å². The van der Waals surface area contributed by atoms with Gasteiger partial charge in [-0.2, -0.15) is 12.8 Å². The van der Waals surface area contributed by atoms with Crippen LogP contribution in [0.25, 0.3) is 16.9 Å². The van der Waals surface area contributed by atoms with Gasteiger partial charge in [0.25, 0.3) is 0 Å². The topological polar surface area (TPSA) is 126 Å². The van der Waals surface area contributed by atoms with Crippen LogP contribution in [0.2, 0.25) is 0 Å². The molecule has 0 aromatic heterocycles. The van der Waals surface area contributed by atoms with Gasteiger partial charge in [-0.15, -0.1) is 0 Å². The molecule has 0 aliphatic carbocycles. The summed E-state index contributed by atoms with van der Waals surface area (Å²) >= 11 is 0. The monoisotopic (exact) mass is 1410 g/mol. The van der Waals surface area contributed by atoms with Crippen molar-refractivity contribution in [2.24, 2.45) is 0 Å². The molecule has 0 radical (unpaired) electrons. The second-order valence-corrected chi connectivity index (χ2v) is 29.9. The molecule has 0 saturated carbocycles. The van der Waals surface area contributed by atoms with Gasteiger partial charge in [0.2, 0.25) is 11.4 Å². The number of hydrogen-bond donors (Lipinski definition) is 5. The van der Waals surface area contributed by atoms with Crippen molar-refractivity contribution >= 4 is 11.4 Å². The SMILES string of the molecule is CCCCCCc1cccc(C2=C(CCCC)C(CCCC)=C(c3ccc(CC(O)C(O)C(O)C(O)CO)cc3)[N+]2=[N-])c1.[CH2-]CCCCCCCCCCCCCCCCCCCCCCCCCC.[CH2-]CCCCCCCCCCCCCCCCCCCCCCCCCC.[Ni+2]. The van der Waals surface area contributed by atoms with Gasteiger partial charge in [0.1, 0.15) is 18.3 Å². The first-order chi connectivity index (χ1) is 47.6. The standard InChI is InChI=1S/C36H52N2O5.2C27H55.Ni/c1-4-7-10-11-13-25-14-12-15-28(22-25)34-30(17-9-6-3)29(16-8-5-2)33(38(34)37)27-20-18-26(19-21-27)23-31(40)35(42)36(43)32(41)24-39;2*1-3-5-7-9-11-13-15-17-19-21-23-25-27-26-24-22-20-18-16-14-12-10-8-6-4-2;/h12,14-15,18-22,31-32,35-36,39-43H,4-11,13,16-17,23-24H2,1-3H3;2*1,3-27H2,2H3;/q;2*-1;+2. The fourth-order valence-corrected chi connectivity index (χ4v) is 14.1. The fraction of sp³-hybridized carbons (Fsp3) is 0.800. The number of nitrogens with zero attached hydrogens (tertiary/aromatic N) is 2. The molecule has 2 aromatic rings. The van der Waals surface area contributed by atoms with Crippen molar-refractivity contribution in [2.75, 3.05) is 6.61 Å². The number of benzene rings is 2. The second kappa shape index (κ2) is 71.8. The molecular weight excluding hydrogens is 1250 g/mol. The summed E-state index contributed by atoms with van der Waals surface area (Å²) in [5.41, 5.74) is 19.8. The quantitative estimate of drug-likeness (QED) is 0.0195. The van der Waals surface area contributed by atoms with Crippen molar-refractivity contribution in [3.63, 3.8) is 0 Å². The fourth-order valence-electron chi connectivity index (χ4n) is 14.1.